The molecular formula is C15H13NO3. The van der Waals surface area contributed by atoms with E-state index in [9.17, 15) is 9.59 Å². The van der Waals surface area contributed by atoms with Crippen molar-refractivity contribution in [2.45, 2.75) is 6.92 Å². The van der Waals surface area contributed by atoms with E-state index in [1.54, 1.807) is 42.5 Å². The molecule has 0 aliphatic rings. The third kappa shape index (κ3) is 3.42. The van der Waals surface area contributed by atoms with Gasteiger partial charge in [0.25, 0.3) is 0 Å². The number of ether oxygens (including phenoxy) is 1. The van der Waals surface area contributed by atoms with Crippen LogP contribution >= 0.6 is 0 Å². The van der Waals surface area contributed by atoms with Gasteiger partial charge in [-0.2, -0.15) is 0 Å². The van der Waals surface area contributed by atoms with Crippen LogP contribution in [0.15, 0.2) is 48.5 Å². The Morgan fingerprint density at radius 1 is 1.16 bits per heavy atom. The second kappa shape index (κ2) is 5.82. The number of hydrogen-bond acceptors (Lipinski definition) is 3. The molecule has 2 aromatic rings. The summed E-state index contributed by atoms with van der Waals surface area (Å²) in [6.45, 7) is 1.43. The minimum Gasteiger partial charge on any atom is -0.455 e. The molecule has 0 unspecified atom stereocenters. The van der Waals surface area contributed by atoms with E-state index >= 15 is 0 Å². The van der Waals surface area contributed by atoms with E-state index in [-0.39, 0.29) is 5.91 Å². The van der Waals surface area contributed by atoms with Gasteiger partial charge in [0.05, 0.1) is 5.69 Å². The van der Waals surface area contributed by atoms with Gasteiger partial charge < -0.3 is 10.1 Å². The second-order valence-corrected chi connectivity index (χ2v) is 3.97. The predicted octanol–water partition coefficient (Wildman–Crippen LogP) is 3.25. The molecule has 0 aliphatic carbocycles. The van der Waals surface area contributed by atoms with Gasteiger partial charge in [-0.25, -0.2) is 0 Å². The molecule has 0 saturated heterocycles. The van der Waals surface area contributed by atoms with E-state index in [0.717, 1.165) is 6.29 Å². The van der Waals surface area contributed by atoms with Gasteiger partial charge in [0, 0.05) is 12.5 Å². The summed E-state index contributed by atoms with van der Waals surface area (Å²) in [4.78, 5) is 21.8. The summed E-state index contributed by atoms with van der Waals surface area (Å²) < 4.78 is 5.68. The molecule has 0 aliphatic heterocycles. The summed E-state index contributed by atoms with van der Waals surface area (Å²) >= 11 is 0. The van der Waals surface area contributed by atoms with Crippen LogP contribution in [0.5, 0.6) is 11.5 Å². The van der Waals surface area contributed by atoms with Crippen molar-refractivity contribution in [3.63, 3.8) is 0 Å². The van der Waals surface area contributed by atoms with E-state index in [4.69, 9.17) is 4.74 Å². The second-order valence-electron chi connectivity index (χ2n) is 3.97. The molecule has 0 saturated carbocycles. The Labute approximate surface area is 111 Å². The first-order chi connectivity index (χ1) is 9.19. The highest BCUT2D eigenvalue weighted by Gasteiger charge is 2.05. The van der Waals surface area contributed by atoms with E-state index in [0.29, 0.717) is 22.7 Å². The quantitative estimate of drug-likeness (QED) is 0.853. The summed E-state index contributed by atoms with van der Waals surface area (Å²) in [7, 11) is 0. The molecular weight excluding hydrogens is 242 g/mol. The number of carbonyl (C=O) groups is 2. The van der Waals surface area contributed by atoms with Gasteiger partial charge in [0.1, 0.15) is 12.0 Å². The van der Waals surface area contributed by atoms with Crippen LogP contribution in [0.1, 0.15) is 17.3 Å². The standard InChI is InChI=1S/C15H13NO3/c1-11(18)16-14-7-2-3-8-15(14)19-13-6-4-5-12(9-13)10-17/h2-10H,1H3,(H,16,18). The lowest BCUT2D eigenvalue weighted by molar-refractivity contribution is -0.114. The third-order valence-electron chi connectivity index (χ3n) is 2.42. The van der Waals surface area contributed by atoms with Crippen LogP contribution in [-0.4, -0.2) is 12.2 Å². The fourth-order valence-corrected chi connectivity index (χ4v) is 1.63. The molecule has 4 nitrogen and oxygen atoms in total. The van der Waals surface area contributed by atoms with Crippen molar-refractivity contribution in [3.8, 4) is 11.5 Å². The number of benzene rings is 2. The van der Waals surface area contributed by atoms with Crippen molar-refractivity contribution >= 4 is 17.9 Å². The lowest BCUT2D eigenvalue weighted by Crippen LogP contribution is -2.06. The van der Waals surface area contributed by atoms with Gasteiger partial charge in [-0.05, 0) is 24.3 Å². The van der Waals surface area contributed by atoms with Crippen LogP contribution in [0.25, 0.3) is 0 Å². The maximum absolute atomic E-state index is 11.1. The van der Waals surface area contributed by atoms with E-state index in [2.05, 4.69) is 5.32 Å². The summed E-state index contributed by atoms with van der Waals surface area (Å²) in [6.07, 6.45) is 0.757. The summed E-state index contributed by atoms with van der Waals surface area (Å²) in [5.74, 6) is 0.904. The first kappa shape index (κ1) is 12.8. The van der Waals surface area contributed by atoms with Crippen molar-refractivity contribution in [1.29, 1.82) is 0 Å². The molecule has 0 radical (unpaired) electrons. The number of rotatable bonds is 4. The number of amides is 1. The summed E-state index contributed by atoms with van der Waals surface area (Å²) in [5.41, 5.74) is 1.13. The van der Waals surface area contributed by atoms with Crippen LogP contribution in [0.2, 0.25) is 0 Å². The zero-order chi connectivity index (χ0) is 13.7. The molecule has 0 fully saturated rings. The maximum atomic E-state index is 11.1. The lowest BCUT2D eigenvalue weighted by Gasteiger charge is -2.11. The highest BCUT2D eigenvalue weighted by molar-refractivity contribution is 5.90. The van der Waals surface area contributed by atoms with Crippen molar-refractivity contribution < 1.29 is 14.3 Å². The highest BCUT2D eigenvalue weighted by atomic mass is 16.5. The molecule has 2 rings (SSSR count). The van der Waals surface area contributed by atoms with E-state index in [1.807, 2.05) is 6.07 Å². The maximum Gasteiger partial charge on any atom is 0.221 e. The van der Waals surface area contributed by atoms with Crippen molar-refractivity contribution in [1.82, 2.24) is 0 Å². The van der Waals surface area contributed by atoms with E-state index < -0.39 is 0 Å². The Hall–Kier alpha value is -2.62. The van der Waals surface area contributed by atoms with Crippen LogP contribution in [0.4, 0.5) is 5.69 Å². The van der Waals surface area contributed by atoms with Gasteiger partial charge in [-0.1, -0.05) is 24.3 Å². The van der Waals surface area contributed by atoms with Crippen LogP contribution < -0.4 is 10.1 Å². The van der Waals surface area contributed by atoms with Crippen LogP contribution in [0.3, 0.4) is 0 Å². The fraction of sp³-hybridized carbons (Fsp3) is 0.0667. The Balaban J connectivity index is 2.27. The topological polar surface area (TPSA) is 55.4 Å². The van der Waals surface area contributed by atoms with Gasteiger partial charge >= 0.3 is 0 Å². The molecule has 0 atom stereocenters. The zero-order valence-electron chi connectivity index (χ0n) is 10.4. The number of aldehydes is 1. The number of nitrogens with one attached hydrogen (secondary N) is 1. The monoisotopic (exact) mass is 255 g/mol. The number of anilines is 1. The SMILES string of the molecule is CC(=O)Nc1ccccc1Oc1cccc(C=O)c1. The summed E-state index contributed by atoms with van der Waals surface area (Å²) in [5, 5.41) is 2.69. The highest BCUT2D eigenvalue weighted by Crippen LogP contribution is 2.29. The van der Waals surface area contributed by atoms with Crippen molar-refractivity contribution in [2.75, 3.05) is 5.32 Å². The van der Waals surface area contributed by atoms with Crippen molar-refractivity contribution in [3.05, 3.63) is 54.1 Å². The van der Waals surface area contributed by atoms with Gasteiger partial charge in [-0.3, -0.25) is 9.59 Å². The first-order valence-electron chi connectivity index (χ1n) is 5.79. The molecule has 4 heteroatoms. The van der Waals surface area contributed by atoms with Crippen LogP contribution in [-0.2, 0) is 4.79 Å². The molecule has 96 valence electrons. The van der Waals surface area contributed by atoms with Gasteiger partial charge in [0.2, 0.25) is 5.91 Å². The number of hydrogen-bond donors (Lipinski definition) is 1. The fourth-order valence-electron chi connectivity index (χ4n) is 1.63. The molecule has 0 bridgehead atoms. The van der Waals surface area contributed by atoms with Gasteiger partial charge in [0.15, 0.2) is 5.75 Å². The third-order valence-corrected chi connectivity index (χ3v) is 2.42. The number of para-hydroxylation sites is 2. The molecule has 0 spiro atoms. The lowest BCUT2D eigenvalue weighted by atomic mass is 10.2. The largest absolute Gasteiger partial charge is 0.455 e. The molecule has 0 aromatic heterocycles. The Kier molecular flexibility index (Phi) is 3.93. The predicted molar refractivity (Wildman–Crippen MR) is 72.6 cm³/mol. The minimum absolute atomic E-state index is 0.169. The minimum atomic E-state index is -0.169. The average Bonchev–Trinajstić information content (AvgIpc) is 2.41. The van der Waals surface area contributed by atoms with Crippen LogP contribution in [0, 0.1) is 0 Å². The molecule has 1 N–H and O–H groups in total. The van der Waals surface area contributed by atoms with E-state index in [1.165, 1.54) is 6.92 Å². The molecule has 0 heterocycles. The Morgan fingerprint density at radius 3 is 2.68 bits per heavy atom. The molecule has 1 amide bonds. The molecule has 2 aromatic carbocycles. The van der Waals surface area contributed by atoms with Gasteiger partial charge in [-0.15, -0.1) is 0 Å². The Morgan fingerprint density at radius 2 is 1.95 bits per heavy atom. The molecule has 19 heavy (non-hydrogen) atoms. The van der Waals surface area contributed by atoms with Crippen molar-refractivity contribution in [2.24, 2.45) is 0 Å². The first-order valence-corrected chi connectivity index (χ1v) is 5.79. The average molecular weight is 255 g/mol. The Bertz CT molecular complexity index is 608. The summed E-state index contributed by atoms with van der Waals surface area (Å²) in [6, 6.07) is 13.9. The number of carbonyl (C=O) groups excluding carboxylic acids is 2. The zero-order valence-corrected chi connectivity index (χ0v) is 10.4. The normalized spacial score (nSPS) is 9.74. The smallest absolute Gasteiger partial charge is 0.221 e.